The number of aryl methyl sites for hydroxylation is 2. The fourth-order valence-corrected chi connectivity index (χ4v) is 2.78. The number of anilines is 1. The molecule has 2 aromatic carbocycles. The predicted octanol–water partition coefficient (Wildman–Crippen LogP) is 4.40. The van der Waals surface area contributed by atoms with Crippen molar-refractivity contribution in [3.05, 3.63) is 58.7 Å². The van der Waals surface area contributed by atoms with Gasteiger partial charge in [-0.05, 0) is 42.8 Å². The molecule has 0 bridgehead atoms. The summed E-state index contributed by atoms with van der Waals surface area (Å²) in [6.07, 6.45) is 0. The fourth-order valence-electron chi connectivity index (χ4n) is 2.59. The molecule has 0 saturated carbocycles. The van der Waals surface area contributed by atoms with E-state index in [2.05, 4.69) is 5.32 Å². The number of ether oxygens (including phenoxy) is 1. The maximum absolute atomic E-state index is 12.6. The average Bonchev–Trinajstić information content (AvgIpc) is 2.88. The summed E-state index contributed by atoms with van der Waals surface area (Å²) < 4.78 is 7.21. The zero-order chi connectivity index (χ0) is 16.6. The second-order valence-electron chi connectivity index (χ2n) is 5.40. The molecule has 0 fully saturated rings. The number of hydrogen-bond acceptors (Lipinski definition) is 2. The molecule has 3 aromatic rings. The summed E-state index contributed by atoms with van der Waals surface area (Å²) in [4.78, 5) is 12.6. The molecular weight excluding hydrogens is 312 g/mol. The Morgan fingerprint density at radius 2 is 2.00 bits per heavy atom. The van der Waals surface area contributed by atoms with Crippen LogP contribution in [0, 0.1) is 6.92 Å². The number of benzene rings is 2. The summed E-state index contributed by atoms with van der Waals surface area (Å²) in [6, 6.07) is 13.0. The largest absolute Gasteiger partial charge is 0.496 e. The Balaban J connectivity index is 1.97. The number of hydrogen-bond donors (Lipinski definition) is 1. The first-order valence-electron chi connectivity index (χ1n) is 7.21. The number of nitrogens with zero attached hydrogens (tertiary/aromatic N) is 1. The molecule has 23 heavy (non-hydrogen) atoms. The van der Waals surface area contributed by atoms with Crippen LogP contribution in [0.2, 0.25) is 5.02 Å². The number of carbonyl (C=O) groups excluding carboxylic acids is 1. The van der Waals surface area contributed by atoms with E-state index in [-0.39, 0.29) is 5.91 Å². The van der Waals surface area contributed by atoms with Crippen molar-refractivity contribution < 1.29 is 9.53 Å². The van der Waals surface area contributed by atoms with Crippen LogP contribution in [-0.4, -0.2) is 17.6 Å². The number of fused-ring (bicyclic) bond motifs is 1. The van der Waals surface area contributed by atoms with Crippen LogP contribution in [0.15, 0.2) is 42.5 Å². The topological polar surface area (TPSA) is 43.3 Å². The average molecular weight is 329 g/mol. The summed E-state index contributed by atoms with van der Waals surface area (Å²) in [5.74, 6) is 0.557. The second-order valence-corrected chi connectivity index (χ2v) is 5.81. The SMILES string of the molecule is COc1cccc2c1cc(C(=O)Nc1ccc(C)c(Cl)c1)n2C. The molecule has 4 nitrogen and oxygen atoms in total. The summed E-state index contributed by atoms with van der Waals surface area (Å²) in [5.41, 5.74) is 3.14. The normalized spacial score (nSPS) is 10.8. The third-order valence-electron chi connectivity index (χ3n) is 3.93. The minimum absolute atomic E-state index is 0.189. The first-order chi connectivity index (χ1) is 11.0. The van der Waals surface area contributed by atoms with E-state index in [1.165, 1.54) is 0 Å². The maximum atomic E-state index is 12.6. The van der Waals surface area contributed by atoms with Crippen molar-refractivity contribution in [3.8, 4) is 5.75 Å². The number of carbonyl (C=O) groups is 1. The fraction of sp³-hybridized carbons (Fsp3) is 0.167. The summed E-state index contributed by atoms with van der Waals surface area (Å²) >= 11 is 6.11. The molecule has 1 aromatic heterocycles. The highest BCUT2D eigenvalue weighted by atomic mass is 35.5. The third kappa shape index (κ3) is 2.78. The van der Waals surface area contributed by atoms with Gasteiger partial charge >= 0.3 is 0 Å². The van der Waals surface area contributed by atoms with Crippen molar-refractivity contribution in [2.45, 2.75) is 6.92 Å². The van der Waals surface area contributed by atoms with Gasteiger partial charge in [-0.15, -0.1) is 0 Å². The molecular formula is C18H17ClN2O2. The summed E-state index contributed by atoms with van der Waals surface area (Å²) in [6.45, 7) is 1.92. The van der Waals surface area contributed by atoms with Crippen LogP contribution in [0.5, 0.6) is 5.75 Å². The van der Waals surface area contributed by atoms with Crippen LogP contribution in [0.3, 0.4) is 0 Å². The quantitative estimate of drug-likeness (QED) is 0.774. The molecule has 0 atom stereocenters. The Bertz CT molecular complexity index is 899. The minimum Gasteiger partial charge on any atom is -0.496 e. The van der Waals surface area contributed by atoms with Gasteiger partial charge in [-0.25, -0.2) is 0 Å². The minimum atomic E-state index is -0.189. The zero-order valence-corrected chi connectivity index (χ0v) is 13.9. The van der Waals surface area contributed by atoms with Gasteiger partial charge in [-0.3, -0.25) is 4.79 Å². The molecule has 5 heteroatoms. The van der Waals surface area contributed by atoms with Crippen LogP contribution in [0.4, 0.5) is 5.69 Å². The molecule has 118 valence electrons. The number of nitrogens with one attached hydrogen (secondary N) is 1. The molecule has 1 N–H and O–H groups in total. The van der Waals surface area contributed by atoms with Gasteiger partial charge in [0.05, 0.1) is 12.6 Å². The van der Waals surface area contributed by atoms with Gasteiger partial charge in [-0.1, -0.05) is 23.7 Å². The first kappa shape index (κ1) is 15.4. The van der Waals surface area contributed by atoms with E-state index in [0.29, 0.717) is 16.4 Å². The van der Waals surface area contributed by atoms with Crippen molar-refractivity contribution in [1.82, 2.24) is 4.57 Å². The van der Waals surface area contributed by atoms with Crippen molar-refractivity contribution in [1.29, 1.82) is 0 Å². The predicted molar refractivity (Wildman–Crippen MR) is 93.6 cm³/mol. The van der Waals surface area contributed by atoms with Crippen LogP contribution in [0.25, 0.3) is 10.9 Å². The maximum Gasteiger partial charge on any atom is 0.272 e. The summed E-state index contributed by atoms with van der Waals surface area (Å²) in [5, 5.41) is 4.41. The third-order valence-corrected chi connectivity index (χ3v) is 4.34. The molecule has 0 saturated heterocycles. The summed E-state index contributed by atoms with van der Waals surface area (Å²) in [7, 11) is 3.48. The van der Waals surface area contributed by atoms with Crippen molar-refractivity contribution in [3.63, 3.8) is 0 Å². The second kappa shape index (κ2) is 5.97. The van der Waals surface area contributed by atoms with E-state index in [1.54, 1.807) is 13.2 Å². The molecule has 1 heterocycles. The lowest BCUT2D eigenvalue weighted by Crippen LogP contribution is -2.15. The van der Waals surface area contributed by atoms with Crippen LogP contribution >= 0.6 is 11.6 Å². The van der Waals surface area contributed by atoms with Crippen LogP contribution in [-0.2, 0) is 7.05 Å². The highest BCUT2D eigenvalue weighted by Crippen LogP contribution is 2.28. The highest BCUT2D eigenvalue weighted by Gasteiger charge is 2.16. The van der Waals surface area contributed by atoms with Gasteiger partial charge in [0.15, 0.2) is 0 Å². The zero-order valence-electron chi connectivity index (χ0n) is 13.2. The van der Waals surface area contributed by atoms with E-state index in [1.807, 2.05) is 54.9 Å². The monoisotopic (exact) mass is 328 g/mol. The number of halogens is 1. The van der Waals surface area contributed by atoms with Gasteiger partial charge < -0.3 is 14.6 Å². The lowest BCUT2D eigenvalue weighted by Gasteiger charge is -2.08. The molecule has 0 unspecified atom stereocenters. The molecule has 0 aliphatic carbocycles. The smallest absolute Gasteiger partial charge is 0.272 e. The van der Waals surface area contributed by atoms with Gasteiger partial charge in [0.2, 0.25) is 0 Å². The molecule has 1 amide bonds. The van der Waals surface area contributed by atoms with Gasteiger partial charge in [0.1, 0.15) is 11.4 Å². The molecule has 0 spiro atoms. The van der Waals surface area contributed by atoms with Crippen molar-refractivity contribution in [2.24, 2.45) is 7.05 Å². The lowest BCUT2D eigenvalue weighted by atomic mass is 10.2. The Labute approximate surface area is 139 Å². The standard InChI is InChI=1S/C18H17ClN2O2/c1-11-7-8-12(9-14(11)19)20-18(22)16-10-13-15(21(16)2)5-4-6-17(13)23-3/h4-10H,1-3H3,(H,20,22). The van der Waals surface area contributed by atoms with Crippen molar-refractivity contribution >= 4 is 34.1 Å². The molecule has 0 aliphatic heterocycles. The molecule has 0 aliphatic rings. The lowest BCUT2D eigenvalue weighted by molar-refractivity contribution is 0.102. The number of rotatable bonds is 3. The Morgan fingerprint density at radius 3 is 2.70 bits per heavy atom. The number of methoxy groups -OCH3 is 1. The van der Waals surface area contributed by atoms with E-state index in [9.17, 15) is 4.79 Å². The molecule has 3 rings (SSSR count). The van der Waals surface area contributed by atoms with Crippen molar-refractivity contribution in [2.75, 3.05) is 12.4 Å². The van der Waals surface area contributed by atoms with Crippen LogP contribution < -0.4 is 10.1 Å². The van der Waals surface area contributed by atoms with E-state index < -0.39 is 0 Å². The van der Waals surface area contributed by atoms with E-state index in [0.717, 1.165) is 22.2 Å². The van der Waals surface area contributed by atoms with Gasteiger partial charge in [0.25, 0.3) is 5.91 Å². The van der Waals surface area contributed by atoms with Gasteiger partial charge in [0, 0.05) is 23.1 Å². The van der Waals surface area contributed by atoms with E-state index >= 15 is 0 Å². The number of amides is 1. The Morgan fingerprint density at radius 1 is 1.22 bits per heavy atom. The molecule has 0 radical (unpaired) electrons. The Kier molecular flexibility index (Phi) is 4.01. The van der Waals surface area contributed by atoms with Gasteiger partial charge in [-0.2, -0.15) is 0 Å². The van der Waals surface area contributed by atoms with Crippen LogP contribution in [0.1, 0.15) is 16.1 Å². The first-order valence-corrected chi connectivity index (χ1v) is 7.59. The highest BCUT2D eigenvalue weighted by molar-refractivity contribution is 6.31. The number of aromatic nitrogens is 1. The van der Waals surface area contributed by atoms with E-state index in [4.69, 9.17) is 16.3 Å². The Hall–Kier alpha value is -2.46.